The Labute approximate surface area is 98.2 Å². The lowest BCUT2D eigenvalue weighted by atomic mass is 10.1. The van der Waals surface area contributed by atoms with Crippen LogP contribution in [-0.2, 0) is 11.8 Å². The van der Waals surface area contributed by atoms with Gasteiger partial charge in [-0.25, -0.2) is 9.48 Å². The Morgan fingerprint density at radius 1 is 1.41 bits per heavy atom. The van der Waals surface area contributed by atoms with Gasteiger partial charge in [-0.2, -0.15) is 0 Å². The molecule has 0 radical (unpaired) electrons. The quantitative estimate of drug-likeness (QED) is 0.721. The standard InChI is InChI=1S/C11H12N4O2/c1-7-4-5-8(6-12-7)9-10(11(16)17-3)15(2)14-13-9/h4-6H,1-3H3. The molecule has 0 aliphatic heterocycles. The molecule has 2 rings (SSSR count). The maximum atomic E-state index is 11.6. The minimum Gasteiger partial charge on any atom is -0.464 e. The van der Waals surface area contributed by atoms with Crippen molar-refractivity contribution in [2.45, 2.75) is 6.92 Å². The first-order chi connectivity index (χ1) is 8.13. The summed E-state index contributed by atoms with van der Waals surface area (Å²) in [6, 6.07) is 3.70. The molecule has 6 heteroatoms. The fourth-order valence-electron chi connectivity index (χ4n) is 1.48. The predicted molar refractivity (Wildman–Crippen MR) is 60.3 cm³/mol. The third-order valence-corrected chi connectivity index (χ3v) is 2.39. The van der Waals surface area contributed by atoms with Crippen LogP contribution in [0.2, 0.25) is 0 Å². The van der Waals surface area contributed by atoms with Crippen LogP contribution in [0, 0.1) is 6.92 Å². The Kier molecular flexibility index (Phi) is 2.86. The highest BCUT2D eigenvalue weighted by atomic mass is 16.5. The first kappa shape index (κ1) is 11.3. The molecule has 2 aromatic rings. The Bertz CT molecular complexity index is 545. The molecular formula is C11H12N4O2. The van der Waals surface area contributed by atoms with Gasteiger partial charge in [0.15, 0.2) is 5.69 Å². The molecule has 0 saturated carbocycles. The van der Waals surface area contributed by atoms with Gasteiger partial charge in [-0.3, -0.25) is 4.98 Å². The summed E-state index contributed by atoms with van der Waals surface area (Å²) in [6.07, 6.45) is 1.66. The fraction of sp³-hybridized carbons (Fsp3) is 0.273. The van der Waals surface area contributed by atoms with Gasteiger partial charge in [0.2, 0.25) is 0 Å². The third kappa shape index (κ3) is 2.01. The number of nitrogens with zero attached hydrogens (tertiary/aromatic N) is 4. The van der Waals surface area contributed by atoms with Gasteiger partial charge in [0.25, 0.3) is 0 Å². The van der Waals surface area contributed by atoms with Crippen LogP contribution < -0.4 is 0 Å². The van der Waals surface area contributed by atoms with Gasteiger partial charge < -0.3 is 4.74 Å². The van der Waals surface area contributed by atoms with E-state index in [2.05, 4.69) is 15.3 Å². The first-order valence-electron chi connectivity index (χ1n) is 5.04. The van der Waals surface area contributed by atoms with E-state index in [0.29, 0.717) is 11.4 Å². The number of hydrogen-bond donors (Lipinski definition) is 0. The number of rotatable bonds is 2. The average Bonchev–Trinajstić information content (AvgIpc) is 2.71. The van der Waals surface area contributed by atoms with Crippen molar-refractivity contribution in [2.75, 3.05) is 7.11 Å². The lowest BCUT2D eigenvalue weighted by Crippen LogP contribution is -2.09. The van der Waals surface area contributed by atoms with E-state index in [-0.39, 0.29) is 0 Å². The van der Waals surface area contributed by atoms with Crippen LogP contribution in [0.15, 0.2) is 18.3 Å². The largest absolute Gasteiger partial charge is 0.464 e. The molecule has 0 fully saturated rings. The minimum absolute atomic E-state index is 0.318. The average molecular weight is 232 g/mol. The van der Waals surface area contributed by atoms with Gasteiger partial charge in [-0.1, -0.05) is 5.21 Å². The van der Waals surface area contributed by atoms with Crippen LogP contribution in [0.4, 0.5) is 0 Å². The highest BCUT2D eigenvalue weighted by Gasteiger charge is 2.20. The van der Waals surface area contributed by atoms with Crippen LogP contribution in [-0.4, -0.2) is 33.1 Å². The van der Waals surface area contributed by atoms with Gasteiger partial charge in [0.05, 0.1) is 7.11 Å². The molecule has 2 aromatic heterocycles. The summed E-state index contributed by atoms with van der Waals surface area (Å²) in [6.45, 7) is 1.89. The smallest absolute Gasteiger partial charge is 0.358 e. The molecule has 6 nitrogen and oxygen atoms in total. The van der Waals surface area contributed by atoms with Crippen molar-refractivity contribution in [3.63, 3.8) is 0 Å². The second-order valence-electron chi connectivity index (χ2n) is 3.59. The lowest BCUT2D eigenvalue weighted by Gasteiger charge is -2.02. The number of pyridine rings is 1. The van der Waals surface area contributed by atoms with E-state index in [1.807, 2.05) is 19.1 Å². The molecule has 0 spiro atoms. The summed E-state index contributed by atoms with van der Waals surface area (Å²) < 4.78 is 6.09. The van der Waals surface area contributed by atoms with Gasteiger partial charge in [-0.15, -0.1) is 5.10 Å². The van der Waals surface area contributed by atoms with E-state index >= 15 is 0 Å². The molecule has 0 N–H and O–H groups in total. The number of hydrogen-bond acceptors (Lipinski definition) is 5. The maximum absolute atomic E-state index is 11.6. The van der Waals surface area contributed by atoms with Crippen LogP contribution >= 0.6 is 0 Å². The number of carbonyl (C=O) groups excluding carboxylic acids is 1. The van der Waals surface area contributed by atoms with Crippen molar-refractivity contribution in [1.82, 2.24) is 20.0 Å². The van der Waals surface area contributed by atoms with Crippen molar-refractivity contribution in [1.29, 1.82) is 0 Å². The second-order valence-corrected chi connectivity index (χ2v) is 3.59. The highest BCUT2D eigenvalue weighted by molar-refractivity contribution is 5.94. The molecule has 88 valence electrons. The Balaban J connectivity index is 2.52. The zero-order chi connectivity index (χ0) is 12.4. The maximum Gasteiger partial charge on any atom is 0.358 e. The van der Waals surface area contributed by atoms with Crippen molar-refractivity contribution in [2.24, 2.45) is 7.05 Å². The molecule has 0 unspecified atom stereocenters. The Hall–Kier alpha value is -2.24. The van der Waals surface area contributed by atoms with Gasteiger partial charge in [0, 0.05) is 24.5 Å². The highest BCUT2D eigenvalue weighted by Crippen LogP contribution is 2.20. The van der Waals surface area contributed by atoms with Crippen LogP contribution in [0.1, 0.15) is 16.2 Å². The number of methoxy groups -OCH3 is 1. The molecular weight excluding hydrogens is 220 g/mol. The fourth-order valence-corrected chi connectivity index (χ4v) is 1.48. The van der Waals surface area contributed by atoms with E-state index < -0.39 is 5.97 Å². The predicted octanol–water partition coefficient (Wildman–Crippen LogP) is 0.972. The Morgan fingerprint density at radius 3 is 2.76 bits per heavy atom. The Morgan fingerprint density at radius 2 is 2.18 bits per heavy atom. The van der Waals surface area contributed by atoms with Crippen molar-refractivity contribution >= 4 is 5.97 Å². The van der Waals surface area contributed by atoms with Crippen molar-refractivity contribution in [3.05, 3.63) is 29.7 Å². The van der Waals surface area contributed by atoms with Gasteiger partial charge >= 0.3 is 5.97 Å². The van der Waals surface area contributed by atoms with Crippen molar-refractivity contribution < 1.29 is 9.53 Å². The summed E-state index contributed by atoms with van der Waals surface area (Å²) in [5.41, 5.74) is 2.44. The molecule has 0 atom stereocenters. The molecule has 0 aromatic carbocycles. The number of aromatic nitrogens is 4. The van der Waals surface area contributed by atoms with E-state index in [4.69, 9.17) is 4.74 Å². The van der Waals surface area contributed by atoms with Crippen LogP contribution in [0.3, 0.4) is 0 Å². The number of ether oxygens (including phenoxy) is 1. The molecule has 0 saturated heterocycles. The molecule has 2 heterocycles. The summed E-state index contributed by atoms with van der Waals surface area (Å²) in [5, 5.41) is 7.78. The first-order valence-corrected chi connectivity index (χ1v) is 5.04. The molecule has 0 aliphatic carbocycles. The van der Waals surface area contributed by atoms with Gasteiger partial charge in [0.1, 0.15) is 5.69 Å². The van der Waals surface area contributed by atoms with E-state index in [1.165, 1.54) is 11.8 Å². The minimum atomic E-state index is -0.465. The summed E-state index contributed by atoms with van der Waals surface area (Å²) >= 11 is 0. The van der Waals surface area contributed by atoms with Crippen molar-refractivity contribution in [3.8, 4) is 11.3 Å². The number of carbonyl (C=O) groups is 1. The zero-order valence-corrected chi connectivity index (χ0v) is 9.84. The van der Waals surface area contributed by atoms with E-state index in [1.54, 1.807) is 13.2 Å². The van der Waals surface area contributed by atoms with E-state index in [0.717, 1.165) is 11.3 Å². The molecule has 0 amide bonds. The topological polar surface area (TPSA) is 69.9 Å². The second kappa shape index (κ2) is 4.32. The number of aryl methyl sites for hydroxylation is 2. The molecule has 17 heavy (non-hydrogen) atoms. The normalized spacial score (nSPS) is 10.3. The summed E-state index contributed by atoms with van der Waals surface area (Å²) in [4.78, 5) is 15.8. The molecule has 0 bridgehead atoms. The van der Waals surface area contributed by atoms with Crippen LogP contribution in [0.5, 0.6) is 0 Å². The molecule has 0 aliphatic rings. The van der Waals surface area contributed by atoms with E-state index in [9.17, 15) is 4.79 Å². The third-order valence-electron chi connectivity index (χ3n) is 2.39. The number of esters is 1. The zero-order valence-electron chi connectivity index (χ0n) is 9.84. The lowest BCUT2D eigenvalue weighted by molar-refractivity contribution is 0.0589. The van der Waals surface area contributed by atoms with Crippen LogP contribution in [0.25, 0.3) is 11.3 Å². The summed E-state index contributed by atoms with van der Waals surface area (Å²) in [5.74, 6) is -0.465. The summed E-state index contributed by atoms with van der Waals surface area (Å²) in [7, 11) is 2.97. The monoisotopic (exact) mass is 232 g/mol. The SMILES string of the molecule is COC(=O)c1c(-c2ccc(C)nc2)nnn1C. The van der Waals surface area contributed by atoms with Gasteiger partial charge in [-0.05, 0) is 19.1 Å².